The SMILES string of the molecule is CN(C)C(=O)N1CCC(CO)(Nc2cccc(Cl)c2)CC1. The van der Waals surface area contributed by atoms with Crippen LogP contribution in [-0.2, 0) is 0 Å². The minimum atomic E-state index is -0.395. The molecular formula is C15H22ClN3O2. The molecule has 1 aromatic rings. The van der Waals surface area contributed by atoms with Crippen molar-refractivity contribution in [2.24, 2.45) is 0 Å². The van der Waals surface area contributed by atoms with Gasteiger partial charge in [0.15, 0.2) is 0 Å². The van der Waals surface area contributed by atoms with Gasteiger partial charge in [0.05, 0.1) is 12.1 Å². The zero-order valence-corrected chi connectivity index (χ0v) is 13.2. The van der Waals surface area contributed by atoms with Gasteiger partial charge in [0.2, 0.25) is 0 Å². The zero-order valence-electron chi connectivity index (χ0n) is 12.5. The summed E-state index contributed by atoms with van der Waals surface area (Å²) < 4.78 is 0. The van der Waals surface area contributed by atoms with E-state index < -0.39 is 5.54 Å². The molecule has 1 heterocycles. The molecule has 2 N–H and O–H groups in total. The van der Waals surface area contributed by atoms with Crippen LogP contribution in [-0.4, -0.2) is 60.3 Å². The van der Waals surface area contributed by atoms with E-state index in [1.807, 2.05) is 29.2 Å². The van der Waals surface area contributed by atoms with E-state index >= 15 is 0 Å². The molecule has 2 rings (SSSR count). The number of carbonyl (C=O) groups excluding carboxylic acids is 1. The minimum Gasteiger partial charge on any atom is -0.394 e. The van der Waals surface area contributed by atoms with Gasteiger partial charge in [-0.15, -0.1) is 0 Å². The fraction of sp³-hybridized carbons (Fsp3) is 0.533. The quantitative estimate of drug-likeness (QED) is 0.900. The molecule has 1 aromatic carbocycles. The van der Waals surface area contributed by atoms with Crippen molar-refractivity contribution >= 4 is 23.3 Å². The summed E-state index contributed by atoms with van der Waals surface area (Å²) in [5.41, 5.74) is 0.497. The first kappa shape index (κ1) is 15.9. The highest BCUT2D eigenvalue weighted by Gasteiger charge is 2.35. The lowest BCUT2D eigenvalue weighted by atomic mass is 9.88. The van der Waals surface area contributed by atoms with Crippen molar-refractivity contribution in [2.45, 2.75) is 18.4 Å². The summed E-state index contributed by atoms with van der Waals surface area (Å²) >= 11 is 5.99. The first-order valence-electron chi connectivity index (χ1n) is 7.07. The van der Waals surface area contributed by atoms with E-state index in [-0.39, 0.29) is 12.6 Å². The Morgan fingerprint density at radius 2 is 2.10 bits per heavy atom. The highest BCUT2D eigenvalue weighted by molar-refractivity contribution is 6.30. The summed E-state index contributed by atoms with van der Waals surface area (Å²) in [4.78, 5) is 15.3. The Morgan fingerprint density at radius 1 is 1.43 bits per heavy atom. The Morgan fingerprint density at radius 3 is 2.62 bits per heavy atom. The zero-order chi connectivity index (χ0) is 15.5. The van der Waals surface area contributed by atoms with Crippen molar-refractivity contribution in [3.63, 3.8) is 0 Å². The summed E-state index contributed by atoms with van der Waals surface area (Å²) in [7, 11) is 3.50. The van der Waals surface area contributed by atoms with Gasteiger partial charge >= 0.3 is 6.03 Å². The number of nitrogens with one attached hydrogen (secondary N) is 1. The Bertz CT molecular complexity index is 499. The summed E-state index contributed by atoms with van der Waals surface area (Å²) in [6.07, 6.45) is 1.41. The fourth-order valence-electron chi connectivity index (χ4n) is 2.60. The number of aliphatic hydroxyl groups is 1. The van der Waals surface area contributed by atoms with Crippen LogP contribution in [0.2, 0.25) is 5.02 Å². The van der Waals surface area contributed by atoms with Gasteiger partial charge in [-0.25, -0.2) is 4.79 Å². The molecule has 0 radical (unpaired) electrons. The van der Waals surface area contributed by atoms with Crippen LogP contribution < -0.4 is 5.32 Å². The first-order chi connectivity index (χ1) is 9.96. The topological polar surface area (TPSA) is 55.8 Å². The second kappa shape index (κ2) is 6.54. The number of amides is 2. The van der Waals surface area contributed by atoms with Gasteiger partial charge in [-0.1, -0.05) is 17.7 Å². The average molecular weight is 312 g/mol. The van der Waals surface area contributed by atoms with Gasteiger partial charge in [-0.3, -0.25) is 0 Å². The van der Waals surface area contributed by atoms with Gasteiger partial charge in [0.25, 0.3) is 0 Å². The van der Waals surface area contributed by atoms with E-state index in [0.29, 0.717) is 31.0 Å². The molecule has 2 amide bonds. The van der Waals surface area contributed by atoms with Gasteiger partial charge < -0.3 is 20.2 Å². The minimum absolute atomic E-state index is 0.0179. The van der Waals surface area contributed by atoms with Gasteiger partial charge in [0.1, 0.15) is 0 Å². The van der Waals surface area contributed by atoms with Crippen LogP contribution in [0.4, 0.5) is 10.5 Å². The normalized spacial score (nSPS) is 17.4. The Hall–Kier alpha value is -1.46. The molecule has 116 valence electrons. The fourth-order valence-corrected chi connectivity index (χ4v) is 2.79. The van der Waals surface area contributed by atoms with E-state index in [1.165, 1.54) is 0 Å². The first-order valence-corrected chi connectivity index (χ1v) is 7.44. The molecule has 0 unspecified atom stereocenters. The van der Waals surface area contributed by atoms with Crippen LogP contribution in [0.5, 0.6) is 0 Å². The smallest absolute Gasteiger partial charge is 0.319 e. The molecule has 1 aliphatic heterocycles. The maximum Gasteiger partial charge on any atom is 0.319 e. The van der Waals surface area contributed by atoms with Crippen molar-refractivity contribution in [1.29, 1.82) is 0 Å². The number of nitrogens with zero attached hydrogens (tertiary/aromatic N) is 2. The number of piperidine rings is 1. The molecular weight excluding hydrogens is 290 g/mol. The van der Waals surface area contributed by atoms with E-state index in [1.54, 1.807) is 19.0 Å². The van der Waals surface area contributed by atoms with E-state index in [4.69, 9.17) is 11.6 Å². The molecule has 1 saturated heterocycles. The molecule has 0 aliphatic carbocycles. The molecule has 5 nitrogen and oxygen atoms in total. The standard InChI is InChI=1S/C15H22ClN3O2/c1-18(2)14(21)19-8-6-15(11-20,7-9-19)17-13-5-3-4-12(16)10-13/h3-5,10,17,20H,6-9,11H2,1-2H3. The molecule has 1 fully saturated rings. The van der Waals surface area contributed by atoms with Crippen molar-refractivity contribution in [3.05, 3.63) is 29.3 Å². The number of hydrogen-bond acceptors (Lipinski definition) is 3. The lowest BCUT2D eigenvalue weighted by Crippen LogP contribution is -2.54. The molecule has 0 atom stereocenters. The third-order valence-corrected chi connectivity index (χ3v) is 4.15. The van der Waals surface area contributed by atoms with Crippen LogP contribution in [0.1, 0.15) is 12.8 Å². The maximum absolute atomic E-state index is 12.0. The molecule has 0 aromatic heterocycles. The molecule has 6 heteroatoms. The third kappa shape index (κ3) is 3.80. The Labute approximate surface area is 130 Å². The van der Waals surface area contributed by atoms with E-state index in [0.717, 1.165) is 5.69 Å². The highest BCUT2D eigenvalue weighted by atomic mass is 35.5. The predicted octanol–water partition coefficient (Wildman–Crippen LogP) is 2.26. The van der Waals surface area contributed by atoms with E-state index in [9.17, 15) is 9.90 Å². The number of likely N-dealkylation sites (tertiary alicyclic amines) is 1. The highest BCUT2D eigenvalue weighted by Crippen LogP contribution is 2.28. The third-order valence-electron chi connectivity index (χ3n) is 3.91. The second-order valence-corrected chi connectivity index (χ2v) is 6.17. The molecule has 0 saturated carbocycles. The molecule has 1 aliphatic rings. The van der Waals surface area contributed by atoms with Crippen molar-refractivity contribution in [1.82, 2.24) is 9.80 Å². The van der Waals surface area contributed by atoms with Crippen LogP contribution in [0, 0.1) is 0 Å². The maximum atomic E-state index is 12.0. The average Bonchev–Trinajstić information content (AvgIpc) is 2.47. The monoisotopic (exact) mass is 311 g/mol. The van der Waals surface area contributed by atoms with Crippen LogP contribution >= 0.6 is 11.6 Å². The molecule has 21 heavy (non-hydrogen) atoms. The number of benzene rings is 1. The largest absolute Gasteiger partial charge is 0.394 e. The Balaban J connectivity index is 2.03. The summed E-state index contributed by atoms with van der Waals surface area (Å²) in [5, 5.41) is 13.8. The summed E-state index contributed by atoms with van der Waals surface area (Å²) in [6, 6.07) is 7.48. The second-order valence-electron chi connectivity index (χ2n) is 5.74. The van der Waals surface area contributed by atoms with Crippen molar-refractivity contribution < 1.29 is 9.90 Å². The molecule has 0 bridgehead atoms. The van der Waals surface area contributed by atoms with Crippen LogP contribution in [0.25, 0.3) is 0 Å². The molecule has 0 spiro atoms. The number of urea groups is 1. The lowest BCUT2D eigenvalue weighted by Gasteiger charge is -2.42. The van der Waals surface area contributed by atoms with E-state index in [2.05, 4.69) is 5.32 Å². The summed E-state index contributed by atoms with van der Waals surface area (Å²) in [5.74, 6) is 0. The summed E-state index contributed by atoms with van der Waals surface area (Å²) in [6.45, 7) is 1.29. The van der Waals surface area contributed by atoms with Crippen molar-refractivity contribution in [3.8, 4) is 0 Å². The lowest BCUT2D eigenvalue weighted by molar-refractivity contribution is 0.115. The number of rotatable bonds is 3. The number of hydrogen-bond donors (Lipinski definition) is 2. The number of halogens is 1. The number of carbonyl (C=O) groups is 1. The van der Waals surface area contributed by atoms with Gasteiger partial charge in [-0.05, 0) is 31.0 Å². The van der Waals surface area contributed by atoms with Gasteiger partial charge in [0, 0.05) is 37.9 Å². The van der Waals surface area contributed by atoms with Crippen LogP contribution in [0.3, 0.4) is 0 Å². The number of aliphatic hydroxyl groups excluding tert-OH is 1. The van der Waals surface area contributed by atoms with Gasteiger partial charge in [-0.2, -0.15) is 0 Å². The predicted molar refractivity (Wildman–Crippen MR) is 84.8 cm³/mol. The van der Waals surface area contributed by atoms with Crippen LogP contribution in [0.15, 0.2) is 24.3 Å². The number of anilines is 1. The van der Waals surface area contributed by atoms with Crippen molar-refractivity contribution in [2.75, 3.05) is 39.1 Å². The Kier molecular flexibility index (Phi) is 4.96.